The van der Waals surface area contributed by atoms with Crippen LogP contribution in [0.15, 0.2) is 0 Å². The van der Waals surface area contributed by atoms with Crippen molar-refractivity contribution in [1.29, 1.82) is 0 Å². The van der Waals surface area contributed by atoms with E-state index in [1.165, 1.54) is 0 Å². The van der Waals surface area contributed by atoms with Gasteiger partial charge < -0.3 is 29.7 Å². The molecule has 0 atom stereocenters. The molecule has 14 heavy (non-hydrogen) atoms. The van der Waals surface area contributed by atoms with Crippen LogP contribution in [0.3, 0.4) is 0 Å². The van der Waals surface area contributed by atoms with Gasteiger partial charge in [0.1, 0.15) is 0 Å². The smallest absolute Gasteiger partial charge is 0.550 e. The fraction of sp³-hybridized carbons (Fsp3) is 0.500. The van der Waals surface area contributed by atoms with E-state index in [2.05, 4.69) is 0 Å². The minimum atomic E-state index is -1.08. The molecule has 0 fully saturated rings. The van der Waals surface area contributed by atoms with Crippen LogP contribution in [0.1, 0.15) is 20.8 Å². The van der Waals surface area contributed by atoms with Crippen LogP contribution < -0.4 is 15.3 Å². The minimum absolute atomic E-state index is 0. The van der Waals surface area contributed by atoms with E-state index in [-0.39, 0.29) is 34.1 Å². The summed E-state index contributed by atoms with van der Waals surface area (Å²) in [7, 11) is 0. The Labute approximate surface area is 103 Å². The van der Waals surface area contributed by atoms with E-state index in [1.54, 1.807) is 0 Å². The molecular weight excluding hydrogens is 295 g/mol. The molecule has 0 spiro atoms. The van der Waals surface area contributed by atoms with Gasteiger partial charge in [-0.05, 0) is 20.8 Å². The van der Waals surface area contributed by atoms with Gasteiger partial charge in [0.15, 0.2) is 0 Å². The van der Waals surface area contributed by atoms with Crippen molar-refractivity contribution in [1.82, 2.24) is 0 Å². The predicted octanol–water partition coefficient (Wildman–Crippen LogP) is -3.74. The summed E-state index contributed by atoms with van der Waals surface area (Å²) in [5.41, 5.74) is 0. The van der Waals surface area contributed by atoms with E-state index in [0.717, 1.165) is 20.8 Å². The number of carboxylic acid groups (broad SMARTS) is 3. The fourth-order valence-corrected chi connectivity index (χ4v) is 0. The molecule has 0 aliphatic carbocycles. The van der Waals surface area contributed by atoms with E-state index >= 15 is 0 Å². The standard InChI is InChI=1S/3C2H4O2.2Cu/c3*1-2(3)4;;/h3*1H3,(H,3,4);;/q;;;2*+2/p-3. The maximum absolute atomic E-state index is 8.89. The molecule has 0 heterocycles. The molecule has 90 valence electrons. The molecule has 0 unspecified atom stereocenters. The Hall–Kier alpha value is -0.551. The van der Waals surface area contributed by atoms with E-state index in [4.69, 9.17) is 29.7 Å². The SMILES string of the molecule is CC(=O)[O-].CC(=O)[O-].CC(=O)[O-].[Cu+2].[Cu+2]. The second-order valence-electron chi connectivity index (χ2n) is 1.47. The zero-order chi connectivity index (χ0) is 10.7. The van der Waals surface area contributed by atoms with Crippen molar-refractivity contribution < 1.29 is 63.8 Å². The van der Waals surface area contributed by atoms with E-state index in [0.29, 0.717) is 0 Å². The first kappa shape index (κ1) is 29.2. The maximum atomic E-state index is 8.89. The van der Waals surface area contributed by atoms with E-state index in [9.17, 15) is 0 Å². The second kappa shape index (κ2) is 22.9. The van der Waals surface area contributed by atoms with Crippen molar-refractivity contribution >= 4 is 17.9 Å². The molecule has 0 N–H and O–H groups in total. The average Bonchev–Trinajstić information content (AvgIpc) is 1.54. The molecule has 0 aliphatic rings. The van der Waals surface area contributed by atoms with Crippen molar-refractivity contribution in [3.63, 3.8) is 0 Å². The van der Waals surface area contributed by atoms with Crippen molar-refractivity contribution in [3.05, 3.63) is 0 Å². The molecule has 0 aromatic heterocycles. The summed E-state index contributed by atoms with van der Waals surface area (Å²) in [5, 5.41) is 26.7. The summed E-state index contributed by atoms with van der Waals surface area (Å²) in [4.78, 5) is 26.7. The van der Waals surface area contributed by atoms with Gasteiger partial charge in [-0.15, -0.1) is 0 Å². The monoisotopic (exact) mass is 303 g/mol. The summed E-state index contributed by atoms with van der Waals surface area (Å²) in [6.07, 6.45) is 0. The molecule has 2 radical (unpaired) electrons. The molecule has 0 aromatic rings. The number of aliphatic carboxylic acids is 3. The van der Waals surface area contributed by atoms with Crippen LogP contribution in [0.4, 0.5) is 0 Å². The topological polar surface area (TPSA) is 120 Å². The molecular formula is C6H9Cu2O6+. The summed E-state index contributed by atoms with van der Waals surface area (Å²) in [6.45, 7) is 2.92. The zero-order valence-corrected chi connectivity index (χ0v) is 9.44. The molecule has 0 saturated carbocycles. The molecule has 0 amide bonds. The second-order valence-corrected chi connectivity index (χ2v) is 1.47. The molecule has 0 aliphatic heterocycles. The van der Waals surface area contributed by atoms with Gasteiger partial charge in [0.2, 0.25) is 0 Å². The van der Waals surface area contributed by atoms with Crippen molar-refractivity contribution in [3.8, 4) is 0 Å². The van der Waals surface area contributed by atoms with Crippen LogP contribution in [0.25, 0.3) is 0 Å². The Kier molecular flexibility index (Phi) is 47.7. The normalized spacial score (nSPS) is 5.36. The van der Waals surface area contributed by atoms with Crippen LogP contribution in [0.2, 0.25) is 0 Å². The molecule has 6 nitrogen and oxygen atoms in total. The number of carboxylic acids is 3. The Balaban J connectivity index is -0.0000000270. The minimum Gasteiger partial charge on any atom is -0.550 e. The third-order valence-electron chi connectivity index (χ3n) is 0. The van der Waals surface area contributed by atoms with Crippen molar-refractivity contribution in [2.45, 2.75) is 20.8 Å². The maximum Gasteiger partial charge on any atom is 2.00 e. The van der Waals surface area contributed by atoms with Crippen LogP contribution in [0, 0.1) is 0 Å². The quantitative estimate of drug-likeness (QED) is 0.424. The van der Waals surface area contributed by atoms with Gasteiger partial charge in [0, 0.05) is 17.9 Å². The van der Waals surface area contributed by atoms with E-state index in [1.807, 2.05) is 0 Å². The molecule has 8 heteroatoms. The van der Waals surface area contributed by atoms with Gasteiger partial charge in [-0.2, -0.15) is 0 Å². The number of hydrogen-bond donors (Lipinski definition) is 0. The summed E-state index contributed by atoms with van der Waals surface area (Å²) in [6, 6.07) is 0. The van der Waals surface area contributed by atoms with Gasteiger partial charge in [0.25, 0.3) is 0 Å². The summed E-state index contributed by atoms with van der Waals surface area (Å²) >= 11 is 0. The average molecular weight is 304 g/mol. The zero-order valence-electron chi connectivity index (χ0n) is 7.55. The first-order valence-electron chi connectivity index (χ1n) is 2.72. The summed E-state index contributed by atoms with van der Waals surface area (Å²) < 4.78 is 0. The third kappa shape index (κ3) is 4120. The Bertz CT molecular complexity index is 118. The van der Waals surface area contributed by atoms with Gasteiger partial charge in [0.05, 0.1) is 0 Å². The Morgan fingerprint density at radius 2 is 0.643 bits per heavy atom. The van der Waals surface area contributed by atoms with Crippen LogP contribution in [-0.2, 0) is 48.5 Å². The third-order valence-corrected chi connectivity index (χ3v) is 0. The van der Waals surface area contributed by atoms with Gasteiger partial charge in [-0.1, -0.05) is 0 Å². The van der Waals surface area contributed by atoms with Crippen molar-refractivity contribution in [2.24, 2.45) is 0 Å². The Morgan fingerprint density at radius 1 is 0.643 bits per heavy atom. The molecule has 0 saturated heterocycles. The molecule has 0 rings (SSSR count). The number of carbonyl (C=O) groups is 3. The van der Waals surface area contributed by atoms with E-state index < -0.39 is 17.9 Å². The number of hydrogen-bond acceptors (Lipinski definition) is 6. The van der Waals surface area contributed by atoms with Gasteiger partial charge in [-0.25, -0.2) is 0 Å². The summed E-state index contributed by atoms with van der Waals surface area (Å²) in [5.74, 6) is -3.25. The molecule has 0 bridgehead atoms. The van der Waals surface area contributed by atoms with Crippen LogP contribution >= 0.6 is 0 Å². The van der Waals surface area contributed by atoms with Gasteiger partial charge in [-0.3, -0.25) is 0 Å². The van der Waals surface area contributed by atoms with Gasteiger partial charge >= 0.3 is 34.1 Å². The first-order valence-corrected chi connectivity index (χ1v) is 2.72. The number of carbonyl (C=O) groups excluding carboxylic acids is 3. The predicted molar refractivity (Wildman–Crippen MR) is 32.0 cm³/mol. The van der Waals surface area contributed by atoms with Crippen LogP contribution in [-0.4, -0.2) is 17.9 Å². The largest absolute Gasteiger partial charge is 2.00 e. The molecule has 0 aromatic carbocycles. The van der Waals surface area contributed by atoms with Crippen molar-refractivity contribution in [2.75, 3.05) is 0 Å². The number of rotatable bonds is 0. The first-order chi connectivity index (χ1) is 5.20. The van der Waals surface area contributed by atoms with Crippen LogP contribution in [0.5, 0.6) is 0 Å². The Morgan fingerprint density at radius 3 is 0.643 bits per heavy atom. The fourth-order valence-electron chi connectivity index (χ4n) is 0.